The zero-order chi connectivity index (χ0) is 15.0. The molecule has 1 N–H and O–H groups in total. The highest BCUT2D eigenvalue weighted by atomic mass is 35.5. The average Bonchev–Trinajstić information content (AvgIpc) is 2.83. The van der Waals surface area contributed by atoms with Crippen molar-refractivity contribution in [3.05, 3.63) is 52.1 Å². The molecule has 7 heteroatoms. The van der Waals surface area contributed by atoms with Crippen LogP contribution in [0, 0.1) is 19.7 Å². The van der Waals surface area contributed by atoms with Crippen LogP contribution >= 0.6 is 11.6 Å². The molecule has 0 aliphatic heterocycles. The number of anilines is 1. The highest BCUT2D eigenvalue weighted by molar-refractivity contribution is 6.29. The van der Waals surface area contributed by atoms with Crippen LogP contribution in [0.1, 0.15) is 16.8 Å². The molecule has 0 aliphatic carbocycles. The van der Waals surface area contributed by atoms with Crippen molar-refractivity contribution < 1.29 is 4.39 Å². The molecule has 2 heterocycles. The van der Waals surface area contributed by atoms with E-state index in [1.54, 1.807) is 18.2 Å². The smallest absolute Gasteiger partial charge is 0.255 e. The quantitative estimate of drug-likeness (QED) is 0.755. The van der Waals surface area contributed by atoms with Crippen molar-refractivity contribution in [1.29, 1.82) is 0 Å². The minimum atomic E-state index is -0.260. The molecule has 2 aromatic heterocycles. The second kappa shape index (κ2) is 5.29. The summed E-state index contributed by atoms with van der Waals surface area (Å²) in [7, 11) is 0. The lowest BCUT2D eigenvalue weighted by molar-refractivity contribution is 0.612. The molecule has 0 spiro atoms. The molecule has 3 rings (SSSR count). The van der Waals surface area contributed by atoms with E-state index in [-0.39, 0.29) is 5.82 Å². The maximum Gasteiger partial charge on any atom is 0.255 e. The van der Waals surface area contributed by atoms with Gasteiger partial charge in [-0.15, -0.1) is 5.10 Å². The first-order valence-electron chi connectivity index (χ1n) is 6.42. The number of rotatable bonds is 3. The topological polar surface area (TPSA) is 55.1 Å². The molecule has 108 valence electrons. The van der Waals surface area contributed by atoms with E-state index >= 15 is 0 Å². The number of nitrogens with one attached hydrogen (secondary N) is 1. The number of hydrogen-bond acceptors (Lipinski definition) is 4. The molecule has 0 amide bonds. The van der Waals surface area contributed by atoms with Gasteiger partial charge in [0.25, 0.3) is 5.78 Å². The van der Waals surface area contributed by atoms with Crippen molar-refractivity contribution in [2.24, 2.45) is 0 Å². The molecule has 21 heavy (non-hydrogen) atoms. The first kappa shape index (κ1) is 13.8. The van der Waals surface area contributed by atoms with Crippen molar-refractivity contribution in [2.75, 3.05) is 5.32 Å². The van der Waals surface area contributed by atoms with Gasteiger partial charge < -0.3 is 5.32 Å². The number of halogens is 2. The second-order valence-electron chi connectivity index (χ2n) is 4.82. The van der Waals surface area contributed by atoms with Gasteiger partial charge in [0.15, 0.2) is 0 Å². The highest BCUT2D eigenvalue weighted by Gasteiger charge is 2.09. The van der Waals surface area contributed by atoms with Gasteiger partial charge in [-0.05, 0) is 26.0 Å². The largest absolute Gasteiger partial charge is 0.349 e. The Morgan fingerprint density at radius 2 is 2.05 bits per heavy atom. The summed E-state index contributed by atoms with van der Waals surface area (Å²) in [6.07, 6.45) is 0. The SMILES string of the molecule is Cc1ccc(F)c(CNc2nc3nc(C)cc(Cl)n3n2)c1. The molecule has 3 aromatic rings. The Hall–Kier alpha value is -2.21. The number of hydrogen-bond donors (Lipinski definition) is 1. The van der Waals surface area contributed by atoms with Crippen molar-refractivity contribution in [3.63, 3.8) is 0 Å². The maximum atomic E-state index is 13.7. The van der Waals surface area contributed by atoms with Gasteiger partial charge in [0.05, 0.1) is 0 Å². The van der Waals surface area contributed by atoms with Crippen LogP contribution in [-0.2, 0) is 6.54 Å². The molecule has 0 unspecified atom stereocenters. The van der Waals surface area contributed by atoms with E-state index in [9.17, 15) is 4.39 Å². The van der Waals surface area contributed by atoms with E-state index in [0.29, 0.717) is 29.0 Å². The molecular formula is C14H13ClFN5. The first-order valence-corrected chi connectivity index (χ1v) is 6.79. The fraction of sp³-hybridized carbons (Fsp3) is 0.214. The van der Waals surface area contributed by atoms with Crippen LogP contribution in [-0.4, -0.2) is 19.6 Å². The lowest BCUT2D eigenvalue weighted by Gasteiger charge is -2.04. The molecule has 0 bridgehead atoms. The van der Waals surface area contributed by atoms with Gasteiger partial charge >= 0.3 is 0 Å². The highest BCUT2D eigenvalue weighted by Crippen LogP contribution is 2.15. The summed E-state index contributed by atoms with van der Waals surface area (Å²) in [5.74, 6) is 0.506. The number of nitrogens with zero attached hydrogens (tertiary/aromatic N) is 4. The van der Waals surface area contributed by atoms with Gasteiger partial charge in [0.2, 0.25) is 5.95 Å². The van der Waals surface area contributed by atoms with E-state index in [4.69, 9.17) is 11.6 Å². The van der Waals surface area contributed by atoms with Gasteiger partial charge in [-0.1, -0.05) is 29.3 Å². The Balaban J connectivity index is 1.85. The van der Waals surface area contributed by atoms with Crippen LogP contribution in [0.3, 0.4) is 0 Å². The van der Waals surface area contributed by atoms with E-state index in [1.165, 1.54) is 10.6 Å². The molecule has 0 aliphatic rings. The third-order valence-corrected chi connectivity index (χ3v) is 3.30. The fourth-order valence-electron chi connectivity index (χ4n) is 2.03. The summed E-state index contributed by atoms with van der Waals surface area (Å²) < 4.78 is 15.1. The van der Waals surface area contributed by atoms with Gasteiger partial charge in [-0.2, -0.15) is 9.50 Å². The molecule has 0 atom stereocenters. The molecular weight excluding hydrogens is 293 g/mol. The van der Waals surface area contributed by atoms with E-state index in [2.05, 4.69) is 20.4 Å². The minimum Gasteiger partial charge on any atom is -0.349 e. The van der Waals surface area contributed by atoms with Crippen LogP contribution in [0.4, 0.5) is 10.3 Å². The fourth-order valence-corrected chi connectivity index (χ4v) is 2.30. The first-order chi connectivity index (χ1) is 10.0. The van der Waals surface area contributed by atoms with Gasteiger partial charge in [0.1, 0.15) is 11.0 Å². The summed E-state index contributed by atoms with van der Waals surface area (Å²) in [5, 5.41) is 7.61. The van der Waals surface area contributed by atoms with Crippen LogP contribution < -0.4 is 5.32 Å². The third-order valence-electron chi connectivity index (χ3n) is 3.03. The second-order valence-corrected chi connectivity index (χ2v) is 5.20. The van der Waals surface area contributed by atoms with E-state index in [0.717, 1.165) is 11.3 Å². The summed E-state index contributed by atoms with van der Waals surface area (Å²) in [5.41, 5.74) is 2.32. The monoisotopic (exact) mass is 305 g/mol. The van der Waals surface area contributed by atoms with Gasteiger partial charge in [0, 0.05) is 17.8 Å². The van der Waals surface area contributed by atoms with Crippen molar-refractivity contribution in [3.8, 4) is 0 Å². The minimum absolute atomic E-state index is 0.260. The Morgan fingerprint density at radius 3 is 2.86 bits per heavy atom. The predicted molar refractivity (Wildman–Crippen MR) is 79.0 cm³/mol. The number of benzene rings is 1. The Kier molecular flexibility index (Phi) is 3.47. The zero-order valence-electron chi connectivity index (χ0n) is 11.6. The van der Waals surface area contributed by atoms with Crippen LogP contribution in [0.2, 0.25) is 5.15 Å². The molecule has 0 saturated carbocycles. The Labute approximate surface area is 125 Å². The van der Waals surface area contributed by atoms with Gasteiger partial charge in [-0.3, -0.25) is 0 Å². The molecule has 0 fully saturated rings. The van der Waals surface area contributed by atoms with Gasteiger partial charge in [-0.25, -0.2) is 9.37 Å². The normalized spacial score (nSPS) is 11.0. The van der Waals surface area contributed by atoms with Crippen LogP contribution in [0.5, 0.6) is 0 Å². The van der Waals surface area contributed by atoms with Crippen molar-refractivity contribution >= 4 is 23.3 Å². The molecule has 1 aromatic carbocycles. The average molecular weight is 306 g/mol. The lowest BCUT2D eigenvalue weighted by Crippen LogP contribution is -2.03. The maximum absolute atomic E-state index is 13.7. The molecule has 0 radical (unpaired) electrons. The van der Waals surface area contributed by atoms with Crippen molar-refractivity contribution in [2.45, 2.75) is 20.4 Å². The van der Waals surface area contributed by atoms with Crippen LogP contribution in [0.25, 0.3) is 5.78 Å². The lowest BCUT2D eigenvalue weighted by atomic mass is 10.1. The summed E-state index contributed by atoms with van der Waals surface area (Å²) in [6, 6.07) is 6.67. The Morgan fingerprint density at radius 1 is 1.24 bits per heavy atom. The standard InChI is InChI=1S/C14H13ClFN5/c1-8-3-4-11(16)10(5-8)7-17-13-19-14-18-9(2)6-12(15)21(14)20-13/h3-6H,7H2,1-2H3,(H,17,20). The summed E-state index contributed by atoms with van der Waals surface area (Å²) in [6.45, 7) is 4.04. The summed E-state index contributed by atoms with van der Waals surface area (Å²) in [4.78, 5) is 8.46. The summed E-state index contributed by atoms with van der Waals surface area (Å²) >= 11 is 6.07. The van der Waals surface area contributed by atoms with E-state index < -0.39 is 0 Å². The number of fused-ring (bicyclic) bond motifs is 1. The van der Waals surface area contributed by atoms with Crippen molar-refractivity contribution in [1.82, 2.24) is 19.6 Å². The van der Waals surface area contributed by atoms with E-state index in [1.807, 2.05) is 13.8 Å². The molecule has 5 nitrogen and oxygen atoms in total. The van der Waals surface area contributed by atoms with Crippen LogP contribution in [0.15, 0.2) is 24.3 Å². The number of aryl methyl sites for hydroxylation is 2. The Bertz CT molecular complexity index is 814. The third kappa shape index (κ3) is 2.80. The number of aromatic nitrogens is 4. The molecule has 0 saturated heterocycles. The zero-order valence-corrected chi connectivity index (χ0v) is 12.3. The predicted octanol–water partition coefficient (Wildman–Crippen LogP) is 3.15.